The van der Waals surface area contributed by atoms with E-state index < -0.39 is 5.97 Å². The Morgan fingerprint density at radius 1 is 1.00 bits per heavy atom. The van der Waals surface area contributed by atoms with Gasteiger partial charge in [-0.3, -0.25) is 14.4 Å². The zero-order valence-electron chi connectivity index (χ0n) is 15.8. The van der Waals surface area contributed by atoms with E-state index in [0.717, 1.165) is 11.4 Å². The first kappa shape index (κ1) is 20.2. The molecule has 146 valence electrons. The van der Waals surface area contributed by atoms with Crippen molar-refractivity contribution in [3.05, 3.63) is 67.8 Å². The first-order chi connectivity index (χ1) is 13.5. The highest BCUT2D eigenvalue weighted by molar-refractivity contribution is 7.12. The van der Waals surface area contributed by atoms with Gasteiger partial charge in [-0.05, 0) is 42.8 Å². The lowest BCUT2D eigenvalue weighted by atomic mass is 10.1. The Morgan fingerprint density at radius 3 is 2.43 bits per heavy atom. The largest absolute Gasteiger partial charge is 0.457 e. The molecule has 0 spiro atoms. The van der Waals surface area contributed by atoms with Crippen LogP contribution in [0.1, 0.15) is 49.1 Å². The number of aromatic nitrogens is 1. The molecule has 0 fully saturated rings. The minimum atomic E-state index is -0.536. The zero-order chi connectivity index (χ0) is 20.1. The molecule has 3 heterocycles. The predicted octanol–water partition coefficient (Wildman–Crippen LogP) is 4.67. The summed E-state index contributed by atoms with van der Waals surface area (Å²) in [5, 5.41) is 3.84. The van der Waals surface area contributed by atoms with Gasteiger partial charge in [-0.25, -0.2) is 0 Å². The third-order valence-corrected chi connectivity index (χ3v) is 6.26. The molecular weight excluding hydrogens is 394 g/mol. The van der Waals surface area contributed by atoms with Gasteiger partial charge in [0.25, 0.3) is 0 Å². The van der Waals surface area contributed by atoms with Gasteiger partial charge in [-0.1, -0.05) is 12.1 Å². The van der Waals surface area contributed by atoms with E-state index in [2.05, 4.69) is 10.6 Å². The van der Waals surface area contributed by atoms with Crippen molar-refractivity contribution in [2.75, 3.05) is 6.61 Å². The van der Waals surface area contributed by atoms with Crippen LogP contribution in [0.2, 0.25) is 0 Å². The Hall–Kier alpha value is -2.51. The van der Waals surface area contributed by atoms with Gasteiger partial charge in [0.15, 0.2) is 12.4 Å². The van der Waals surface area contributed by atoms with Crippen molar-refractivity contribution in [1.29, 1.82) is 0 Å². The van der Waals surface area contributed by atoms with Gasteiger partial charge < -0.3 is 9.30 Å². The van der Waals surface area contributed by atoms with Crippen molar-refractivity contribution in [3.8, 4) is 0 Å². The summed E-state index contributed by atoms with van der Waals surface area (Å²) in [7, 11) is 0. The SMILES string of the molecule is Cc1cc(C(=O)COC(=O)CCC(=O)c2cccs2)c(C)n1Cc1cccs1. The van der Waals surface area contributed by atoms with Crippen LogP contribution in [-0.4, -0.2) is 28.7 Å². The molecule has 0 aliphatic carbocycles. The Balaban J connectivity index is 1.53. The molecule has 0 radical (unpaired) electrons. The van der Waals surface area contributed by atoms with Crippen LogP contribution in [0.3, 0.4) is 0 Å². The van der Waals surface area contributed by atoms with E-state index in [9.17, 15) is 14.4 Å². The Kier molecular flexibility index (Phi) is 6.59. The number of nitrogens with zero attached hydrogens (tertiary/aromatic N) is 1. The van der Waals surface area contributed by atoms with Crippen molar-refractivity contribution < 1.29 is 19.1 Å². The molecule has 3 aromatic heterocycles. The Morgan fingerprint density at radius 2 is 1.75 bits per heavy atom. The first-order valence-electron chi connectivity index (χ1n) is 8.90. The van der Waals surface area contributed by atoms with Gasteiger partial charge in [0.05, 0.1) is 17.8 Å². The third kappa shape index (κ3) is 4.85. The molecule has 0 amide bonds. The van der Waals surface area contributed by atoms with Crippen LogP contribution in [0.5, 0.6) is 0 Å². The van der Waals surface area contributed by atoms with Crippen molar-refractivity contribution in [3.63, 3.8) is 0 Å². The minimum Gasteiger partial charge on any atom is -0.457 e. The maximum absolute atomic E-state index is 12.5. The summed E-state index contributed by atoms with van der Waals surface area (Å²) in [6, 6.07) is 9.42. The number of aryl methyl sites for hydroxylation is 1. The first-order valence-corrected chi connectivity index (χ1v) is 10.7. The third-order valence-electron chi connectivity index (χ3n) is 4.48. The number of hydrogen-bond acceptors (Lipinski definition) is 6. The van der Waals surface area contributed by atoms with Crippen LogP contribution in [0.15, 0.2) is 41.1 Å². The van der Waals surface area contributed by atoms with Gasteiger partial charge in [0.1, 0.15) is 0 Å². The van der Waals surface area contributed by atoms with E-state index in [4.69, 9.17) is 4.74 Å². The summed E-state index contributed by atoms with van der Waals surface area (Å²) >= 11 is 3.02. The number of hydrogen-bond donors (Lipinski definition) is 0. The van der Waals surface area contributed by atoms with E-state index in [0.29, 0.717) is 17.0 Å². The molecule has 0 aliphatic heterocycles. The number of ketones is 2. The number of thiophene rings is 2. The minimum absolute atomic E-state index is 0.0264. The fourth-order valence-electron chi connectivity index (χ4n) is 2.96. The second-order valence-electron chi connectivity index (χ2n) is 6.43. The molecule has 0 saturated heterocycles. The normalized spacial score (nSPS) is 10.8. The monoisotopic (exact) mass is 415 g/mol. The van der Waals surface area contributed by atoms with E-state index >= 15 is 0 Å². The molecule has 0 unspecified atom stereocenters. The van der Waals surface area contributed by atoms with E-state index in [1.54, 1.807) is 23.5 Å². The quantitative estimate of drug-likeness (QED) is 0.376. The molecule has 0 aromatic carbocycles. The summed E-state index contributed by atoms with van der Waals surface area (Å²) in [5.74, 6) is -0.857. The van der Waals surface area contributed by atoms with Gasteiger partial charge >= 0.3 is 5.97 Å². The maximum Gasteiger partial charge on any atom is 0.306 e. The molecule has 5 nitrogen and oxygen atoms in total. The van der Waals surface area contributed by atoms with Crippen molar-refractivity contribution >= 4 is 40.2 Å². The molecule has 0 aliphatic rings. The average Bonchev–Trinajstić information content (AvgIpc) is 3.43. The number of carbonyl (C=O) groups is 3. The van der Waals surface area contributed by atoms with Gasteiger partial charge in [0.2, 0.25) is 5.78 Å². The molecule has 0 bridgehead atoms. The summed E-state index contributed by atoms with van der Waals surface area (Å²) < 4.78 is 7.18. The summed E-state index contributed by atoms with van der Waals surface area (Å²) in [4.78, 5) is 38.2. The van der Waals surface area contributed by atoms with Crippen molar-refractivity contribution in [2.24, 2.45) is 0 Å². The zero-order valence-corrected chi connectivity index (χ0v) is 17.4. The number of carbonyl (C=O) groups excluding carboxylic acids is 3. The van der Waals surface area contributed by atoms with Crippen LogP contribution in [0, 0.1) is 13.8 Å². The topological polar surface area (TPSA) is 65.4 Å². The molecule has 3 rings (SSSR count). The lowest BCUT2D eigenvalue weighted by Crippen LogP contribution is -2.15. The fraction of sp³-hybridized carbons (Fsp3) is 0.286. The number of Topliss-reactive ketones (excluding diaryl/α,β-unsaturated/α-hetero) is 2. The van der Waals surface area contributed by atoms with Crippen LogP contribution < -0.4 is 0 Å². The van der Waals surface area contributed by atoms with E-state index in [1.165, 1.54) is 16.2 Å². The molecule has 7 heteroatoms. The summed E-state index contributed by atoms with van der Waals surface area (Å²) in [6.45, 7) is 4.26. The fourth-order valence-corrected chi connectivity index (χ4v) is 4.34. The lowest BCUT2D eigenvalue weighted by Gasteiger charge is -2.08. The maximum atomic E-state index is 12.5. The van der Waals surface area contributed by atoms with Gasteiger partial charge in [-0.2, -0.15) is 0 Å². The number of esters is 1. The van der Waals surface area contributed by atoms with Crippen molar-refractivity contribution in [1.82, 2.24) is 4.57 Å². The molecule has 0 N–H and O–H groups in total. The standard InChI is InChI=1S/C21H21NO4S2/c1-14-11-17(15(2)22(14)12-16-5-3-9-27-16)19(24)13-26-21(25)8-7-18(23)20-6-4-10-28-20/h3-6,9-11H,7-8,12-13H2,1-2H3. The molecule has 3 aromatic rings. The Labute approximate surface area is 171 Å². The Bertz CT molecular complexity index is 969. The number of rotatable bonds is 9. The molecule has 28 heavy (non-hydrogen) atoms. The second-order valence-corrected chi connectivity index (χ2v) is 8.41. The predicted molar refractivity (Wildman–Crippen MR) is 111 cm³/mol. The highest BCUT2D eigenvalue weighted by atomic mass is 32.1. The van der Waals surface area contributed by atoms with Gasteiger partial charge in [-0.15, -0.1) is 22.7 Å². The van der Waals surface area contributed by atoms with E-state index in [-0.39, 0.29) is 31.0 Å². The van der Waals surface area contributed by atoms with Crippen molar-refractivity contribution in [2.45, 2.75) is 33.2 Å². The smallest absolute Gasteiger partial charge is 0.306 e. The molecule has 0 atom stereocenters. The molecule has 0 saturated carbocycles. The van der Waals surface area contributed by atoms with Crippen LogP contribution in [-0.2, 0) is 16.1 Å². The summed E-state index contributed by atoms with van der Waals surface area (Å²) in [6.07, 6.45) is 0.0598. The lowest BCUT2D eigenvalue weighted by molar-refractivity contribution is -0.142. The van der Waals surface area contributed by atoms with E-state index in [1.807, 2.05) is 36.7 Å². The second kappa shape index (κ2) is 9.12. The highest BCUT2D eigenvalue weighted by Crippen LogP contribution is 2.20. The van der Waals surface area contributed by atoms with Crippen LogP contribution in [0.25, 0.3) is 0 Å². The van der Waals surface area contributed by atoms with Crippen LogP contribution >= 0.6 is 22.7 Å². The van der Waals surface area contributed by atoms with Gasteiger partial charge in [0, 0.05) is 28.2 Å². The average molecular weight is 416 g/mol. The summed E-state index contributed by atoms with van der Waals surface area (Å²) in [5.41, 5.74) is 2.42. The molecular formula is C21H21NO4S2. The van der Waals surface area contributed by atoms with Crippen LogP contribution in [0.4, 0.5) is 0 Å². The highest BCUT2D eigenvalue weighted by Gasteiger charge is 2.18. The number of ether oxygens (including phenoxy) is 1.